The second-order valence-electron chi connectivity index (χ2n) is 4.20. The zero-order chi connectivity index (χ0) is 12.4. The third kappa shape index (κ3) is 2.23. The second kappa shape index (κ2) is 4.45. The minimum atomic E-state index is -0.888. The number of hydrogen-bond acceptors (Lipinski definition) is 1. The Morgan fingerprint density at radius 1 is 1.18 bits per heavy atom. The average Bonchev–Trinajstić information content (AvgIpc) is 2.72. The standard InChI is InChI=1S/C14H15NO2/c1-10-5-3-6-11(2)12(10)9-15-8-4-7-13(15)14(16)17/h3-8H,9H2,1-2H3,(H,16,17). The predicted molar refractivity (Wildman–Crippen MR) is 66.4 cm³/mol. The highest BCUT2D eigenvalue weighted by Gasteiger charge is 2.10. The molecule has 0 fully saturated rings. The van der Waals surface area contributed by atoms with E-state index < -0.39 is 5.97 Å². The molecule has 0 unspecified atom stereocenters. The predicted octanol–water partition coefficient (Wildman–Crippen LogP) is 2.85. The molecule has 0 aliphatic carbocycles. The minimum Gasteiger partial charge on any atom is -0.477 e. The monoisotopic (exact) mass is 229 g/mol. The molecular weight excluding hydrogens is 214 g/mol. The molecule has 1 aromatic carbocycles. The first-order chi connectivity index (χ1) is 8.09. The van der Waals surface area contributed by atoms with Crippen LogP contribution in [0, 0.1) is 13.8 Å². The number of aromatic carboxylic acids is 1. The summed E-state index contributed by atoms with van der Waals surface area (Å²) in [5, 5.41) is 9.05. The van der Waals surface area contributed by atoms with Crippen LogP contribution >= 0.6 is 0 Å². The van der Waals surface area contributed by atoms with Crippen molar-refractivity contribution in [3.8, 4) is 0 Å². The summed E-state index contributed by atoms with van der Waals surface area (Å²) in [6.45, 7) is 4.70. The Hall–Kier alpha value is -2.03. The third-order valence-corrected chi connectivity index (χ3v) is 3.02. The maximum atomic E-state index is 11.0. The molecule has 88 valence electrons. The summed E-state index contributed by atoms with van der Waals surface area (Å²) in [5.74, 6) is -0.888. The number of nitrogens with zero attached hydrogens (tertiary/aromatic N) is 1. The first kappa shape index (κ1) is 11.5. The second-order valence-corrected chi connectivity index (χ2v) is 4.20. The molecular formula is C14H15NO2. The van der Waals surface area contributed by atoms with E-state index in [1.54, 1.807) is 22.9 Å². The molecule has 0 aliphatic heterocycles. The number of carboxylic acids is 1. The zero-order valence-corrected chi connectivity index (χ0v) is 9.97. The van der Waals surface area contributed by atoms with Gasteiger partial charge in [0.1, 0.15) is 5.69 Å². The summed E-state index contributed by atoms with van der Waals surface area (Å²) in [6, 6.07) is 9.49. The highest BCUT2D eigenvalue weighted by Crippen LogP contribution is 2.16. The molecule has 2 aromatic rings. The largest absolute Gasteiger partial charge is 0.477 e. The Morgan fingerprint density at radius 2 is 1.82 bits per heavy atom. The Bertz CT molecular complexity index is 535. The van der Waals surface area contributed by atoms with Gasteiger partial charge in [-0.1, -0.05) is 18.2 Å². The maximum absolute atomic E-state index is 11.0. The van der Waals surface area contributed by atoms with Crippen molar-refractivity contribution < 1.29 is 9.90 Å². The summed E-state index contributed by atoms with van der Waals surface area (Å²) in [6.07, 6.45) is 1.80. The molecule has 17 heavy (non-hydrogen) atoms. The minimum absolute atomic E-state index is 0.327. The fourth-order valence-corrected chi connectivity index (χ4v) is 2.01. The summed E-state index contributed by atoms with van der Waals surface area (Å²) >= 11 is 0. The third-order valence-electron chi connectivity index (χ3n) is 3.02. The van der Waals surface area contributed by atoms with E-state index in [4.69, 9.17) is 5.11 Å². The van der Waals surface area contributed by atoms with Gasteiger partial charge in [0.15, 0.2) is 0 Å². The number of carbonyl (C=O) groups is 1. The maximum Gasteiger partial charge on any atom is 0.352 e. The summed E-state index contributed by atoms with van der Waals surface area (Å²) in [5.41, 5.74) is 3.89. The van der Waals surface area contributed by atoms with Crippen molar-refractivity contribution in [3.05, 3.63) is 58.9 Å². The van der Waals surface area contributed by atoms with Crippen LogP contribution in [0.25, 0.3) is 0 Å². The van der Waals surface area contributed by atoms with E-state index in [2.05, 4.69) is 0 Å². The molecule has 0 aliphatic rings. The van der Waals surface area contributed by atoms with Gasteiger partial charge < -0.3 is 9.67 Å². The van der Waals surface area contributed by atoms with Crippen LogP contribution in [0.1, 0.15) is 27.2 Å². The van der Waals surface area contributed by atoms with Gasteiger partial charge in [-0.2, -0.15) is 0 Å². The van der Waals surface area contributed by atoms with E-state index in [0.29, 0.717) is 12.2 Å². The van der Waals surface area contributed by atoms with Crippen LogP contribution in [0.3, 0.4) is 0 Å². The van der Waals surface area contributed by atoms with Crippen molar-refractivity contribution >= 4 is 5.97 Å². The molecule has 0 saturated heterocycles. The van der Waals surface area contributed by atoms with E-state index in [1.807, 2.05) is 32.0 Å². The van der Waals surface area contributed by atoms with Crippen molar-refractivity contribution in [2.75, 3.05) is 0 Å². The lowest BCUT2D eigenvalue weighted by atomic mass is 10.0. The highest BCUT2D eigenvalue weighted by atomic mass is 16.4. The summed E-state index contributed by atoms with van der Waals surface area (Å²) < 4.78 is 1.76. The lowest BCUT2D eigenvalue weighted by Crippen LogP contribution is -2.10. The van der Waals surface area contributed by atoms with Gasteiger partial charge in [-0.25, -0.2) is 4.79 Å². The van der Waals surface area contributed by atoms with Gasteiger partial charge in [0.25, 0.3) is 0 Å². The van der Waals surface area contributed by atoms with E-state index >= 15 is 0 Å². The molecule has 2 rings (SSSR count). The van der Waals surface area contributed by atoms with Crippen LogP contribution in [0.2, 0.25) is 0 Å². The number of rotatable bonds is 3. The van der Waals surface area contributed by atoms with E-state index in [0.717, 1.165) is 0 Å². The Morgan fingerprint density at radius 3 is 2.41 bits per heavy atom. The Labute approximate surface area is 100 Å². The van der Waals surface area contributed by atoms with Crippen molar-refractivity contribution in [2.24, 2.45) is 0 Å². The van der Waals surface area contributed by atoms with Gasteiger partial charge in [-0.05, 0) is 42.7 Å². The Balaban J connectivity index is 2.38. The number of hydrogen-bond donors (Lipinski definition) is 1. The van der Waals surface area contributed by atoms with Crippen LogP contribution in [0.5, 0.6) is 0 Å². The quantitative estimate of drug-likeness (QED) is 0.879. The van der Waals surface area contributed by atoms with Crippen molar-refractivity contribution in [2.45, 2.75) is 20.4 Å². The molecule has 0 radical (unpaired) electrons. The van der Waals surface area contributed by atoms with Gasteiger partial charge in [0.05, 0.1) is 0 Å². The SMILES string of the molecule is Cc1cccc(C)c1Cn1cccc1C(=O)O. The molecule has 3 heteroatoms. The number of benzene rings is 1. The van der Waals surface area contributed by atoms with Gasteiger partial charge in [0, 0.05) is 12.7 Å². The number of carboxylic acid groups (broad SMARTS) is 1. The topological polar surface area (TPSA) is 42.2 Å². The average molecular weight is 229 g/mol. The fourth-order valence-electron chi connectivity index (χ4n) is 2.01. The fraction of sp³-hybridized carbons (Fsp3) is 0.214. The van der Waals surface area contributed by atoms with Gasteiger partial charge in [0.2, 0.25) is 0 Å². The smallest absolute Gasteiger partial charge is 0.352 e. The van der Waals surface area contributed by atoms with E-state index in [9.17, 15) is 4.79 Å². The molecule has 1 heterocycles. The van der Waals surface area contributed by atoms with E-state index in [-0.39, 0.29) is 0 Å². The van der Waals surface area contributed by atoms with Crippen molar-refractivity contribution in [1.29, 1.82) is 0 Å². The molecule has 1 N–H and O–H groups in total. The van der Waals surface area contributed by atoms with Crippen LogP contribution in [-0.2, 0) is 6.54 Å². The molecule has 0 spiro atoms. The summed E-state index contributed by atoms with van der Waals surface area (Å²) in [7, 11) is 0. The van der Waals surface area contributed by atoms with Crippen LogP contribution in [0.15, 0.2) is 36.5 Å². The first-order valence-electron chi connectivity index (χ1n) is 5.53. The number of aromatic nitrogens is 1. The Kier molecular flexibility index (Phi) is 3.00. The number of aryl methyl sites for hydroxylation is 2. The lowest BCUT2D eigenvalue weighted by Gasteiger charge is -2.12. The molecule has 0 bridgehead atoms. The molecule has 3 nitrogen and oxygen atoms in total. The van der Waals surface area contributed by atoms with Gasteiger partial charge in [-0.3, -0.25) is 0 Å². The zero-order valence-electron chi connectivity index (χ0n) is 9.97. The normalized spacial score (nSPS) is 10.5. The van der Waals surface area contributed by atoms with Gasteiger partial charge in [-0.15, -0.1) is 0 Å². The lowest BCUT2D eigenvalue weighted by molar-refractivity contribution is 0.0685. The van der Waals surface area contributed by atoms with Gasteiger partial charge >= 0.3 is 5.97 Å². The van der Waals surface area contributed by atoms with Crippen molar-refractivity contribution in [3.63, 3.8) is 0 Å². The summed E-state index contributed by atoms with van der Waals surface area (Å²) in [4.78, 5) is 11.0. The van der Waals surface area contributed by atoms with Crippen LogP contribution in [-0.4, -0.2) is 15.6 Å². The van der Waals surface area contributed by atoms with E-state index in [1.165, 1.54) is 16.7 Å². The molecule has 0 amide bonds. The molecule has 1 aromatic heterocycles. The molecule has 0 atom stereocenters. The van der Waals surface area contributed by atoms with Crippen LogP contribution in [0.4, 0.5) is 0 Å². The molecule has 0 saturated carbocycles. The van der Waals surface area contributed by atoms with Crippen LogP contribution < -0.4 is 0 Å². The van der Waals surface area contributed by atoms with Crippen molar-refractivity contribution in [1.82, 2.24) is 4.57 Å². The highest BCUT2D eigenvalue weighted by molar-refractivity contribution is 5.85. The first-order valence-corrected chi connectivity index (χ1v) is 5.53.